The van der Waals surface area contributed by atoms with Crippen molar-refractivity contribution in [3.63, 3.8) is 0 Å². The number of aromatic nitrogens is 2. The van der Waals surface area contributed by atoms with Gasteiger partial charge in [0.05, 0.1) is 5.52 Å². The van der Waals surface area contributed by atoms with Gasteiger partial charge in [0.15, 0.2) is 5.78 Å². The van der Waals surface area contributed by atoms with Gasteiger partial charge in [-0.25, -0.2) is 9.97 Å². The minimum absolute atomic E-state index is 0.0419. The fraction of sp³-hybridized carbons (Fsp3) is 0.100. The third kappa shape index (κ3) is 1.53. The monoisotopic (exact) mass is 250 g/mol. The number of carbonyl (C=O) groups excluding carboxylic acids is 1. The third-order valence-corrected chi connectivity index (χ3v) is 2.43. The molecule has 0 aliphatic carbocycles. The minimum Gasteiger partial charge on any atom is -0.293 e. The Morgan fingerprint density at radius 3 is 2.86 bits per heavy atom. The zero-order valence-electron chi connectivity index (χ0n) is 7.49. The normalized spacial score (nSPS) is 10.4. The predicted octanol–water partition coefficient (Wildman–Crippen LogP) is 2.59. The number of rotatable bonds is 1. The van der Waals surface area contributed by atoms with Gasteiger partial charge in [0.2, 0.25) is 0 Å². The summed E-state index contributed by atoms with van der Waals surface area (Å²) in [6, 6.07) is 5.58. The minimum atomic E-state index is -0.0419. The van der Waals surface area contributed by atoms with E-state index in [2.05, 4.69) is 25.9 Å². The Morgan fingerprint density at radius 2 is 2.14 bits per heavy atom. The molecule has 0 aliphatic rings. The van der Waals surface area contributed by atoms with E-state index >= 15 is 0 Å². The van der Waals surface area contributed by atoms with Crippen molar-refractivity contribution in [1.82, 2.24) is 9.97 Å². The van der Waals surface area contributed by atoms with Gasteiger partial charge >= 0.3 is 0 Å². The first kappa shape index (κ1) is 9.27. The number of hydrogen-bond donors (Lipinski definition) is 0. The number of carbonyl (C=O) groups is 1. The van der Waals surface area contributed by atoms with E-state index in [0.29, 0.717) is 5.69 Å². The number of benzene rings is 1. The first-order chi connectivity index (χ1) is 6.68. The van der Waals surface area contributed by atoms with Gasteiger partial charge in [0.1, 0.15) is 12.0 Å². The molecule has 0 bridgehead atoms. The summed E-state index contributed by atoms with van der Waals surface area (Å²) >= 11 is 3.35. The summed E-state index contributed by atoms with van der Waals surface area (Å²) in [5.74, 6) is -0.0419. The SMILES string of the molecule is CC(=O)c1ncnc2cc(Br)ccc12. The van der Waals surface area contributed by atoms with Crippen LogP contribution >= 0.6 is 15.9 Å². The van der Waals surface area contributed by atoms with Gasteiger partial charge in [-0.15, -0.1) is 0 Å². The van der Waals surface area contributed by atoms with Crippen LogP contribution in [0.2, 0.25) is 0 Å². The van der Waals surface area contributed by atoms with Crippen LogP contribution in [-0.4, -0.2) is 15.8 Å². The highest BCUT2D eigenvalue weighted by Gasteiger charge is 2.07. The second kappa shape index (κ2) is 3.46. The van der Waals surface area contributed by atoms with Crippen LogP contribution in [0.5, 0.6) is 0 Å². The Kier molecular flexibility index (Phi) is 2.29. The summed E-state index contributed by atoms with van der Waals surface area (Å²) in [5, 5.41) is 0.795. The molecule has 0 amide bonds. The standard InChI is InChI=1S/C10H7BrN2O/c1-6(14)10-8-3-2-7(11)4-9(8)12-5-13-10/h2-5H,1H3. The topological polar surface area (TPSA) is 42.9 Å². The lowest BCUT2D eigenvalue weighted by molar-refractivity contribution is 0.101. The lowest BCUT2D eigenvalue weighted by Crippen LogP contribution is -1.98. The summed E-state index contributed by atoms with van der Waals surface area (Å²) < 4.78 is 0.943. The van der Waals surface area contributed by atoms with Gasteiger partial charge in [-0.3, -0.25) is 4.79 Å². The van der Waals surface area contributed by atoms with E-state index in [0.717, 1.165) is 15.4 Å². The van der Waals surface area contributed by atoms with Crippen molar-refractivity contribution in [3.05, 3.63) is 34.7 Å². The molecule has 1 aromatic carbocycles. The van der Waals surface area contributed by atoms with E-state index in [1.807, 2.05) is 18.2 Å². The van der Waals surface area contributed by atoms with Crippen molar-refractivity contribution in [3.8, 4) is 0 Å². The van der Waals surface area contributed by atoms with Gasteiger partial charge < -0.3 is 0 Å². The molecule has 14 heavy (non-hydrogen) atoms. The average molecular weight is 251 g/mol. The zero-order chi connectivity index (χ0) is 10.1. The molecule has 0 atom stereocenters. The molecule has 0 fully saturated rings. The Hall–Kier alpha value is -1.29. The molecule has 0 N–H and O–H groups in total. The molecule has 0 aliphatic heterocycles. The van der Waals surface area contributed by atoms with E-state index in [-0.39, 0.29) is 5.78 Å². The molecule has 70 valence electrons. The van der Waals surface area contributed by atoms with Crippen molar-refractivity contribution in [1.29, 1.82) is 0 Å². The molecule has 0 saturated heterocycles. The molecule has 1 heterocycles. The highest BCUT2D eigenvalue weighted by atomic mass is 79.9. The van der Waals surface area contributed by atoms with E-state index < -0.39 is 0 Å². The molecule has 4 heteroatoms. The highest BCUT2D eigenvalue weighted by Crippen LogP contribution is 2.19. The molecule has 2 rings (SSSR count). The maximum Gasteiger partial charge on any atom is 0.178 e. The molecule has 0 saturated carbocycles. The Balaban J connectivity index is 2.81. The van der Waals surface area contributed by atoms with Gasteiger partial charge in [-0.2, -0.15) is 0 Å². The molecule has 2 aromatic rings. The number of ketones is 1. The van der Waals surface area contributed by atoms with Crippen LogP contribution in [0.15, 0.2) is 29.0 Å². The van der Waals surface area contributed by atoms with Crippen molar-refractivity contribution in [2.45, 2.75) is 6.92 Å². The smallest absolute Gasteiger partial charge is 0.178 e. The van der Waals surface area contributed by atoms with Gasteiger partial charge in [-0.05, 0) is 18.2 Å². The Labute approximate surface area is 89.3 Å². The average Bonchev–Trinajstić information content (AvgIpc) is 2.16. The fourth-order valence-electron chi connectivity index (χ4n) is 1.31. The fourth-order valence-corrected chi connectivity index (χ4v) is 1.66. The maximum atomic E-state index is 11.2. The Bertz CT molecular complexity index is 510. The number of fused-ring (bicyclic) bond motifs is 1. The van der Waals surface area contributed by atoms with Gasteiger partial charge in [0.25, 0.3) is 0 Å². The molecule has 0 spiro atoms. The van der Waals surface area contributed by atoms with E-state index in [1.54, 1.807) is 0 Å². The van der Waals surface area contributed by atoms with Crippen molar-refractivity contribution < 1.29 is 4.79 Å². The first-order valence-corrected chi connectivity index (χ1v) is 4.89. The summed E-state index contributed by atoms with van der Waals surface area (Å²) in [6.45, 7) is 1.50. The highest BCUT2D eigenvalue weighted by molar-refractivity contribution is 9.10. The predicted molar refractivity (Wildman–Crippen MR) is 57.2 cm³/mol. The van der Waals surface area contributed by atoms with Crippen LogP contribution in [-0.2, 0) is 0 Å². The van der Waals surface area contributed by atoms with Crippen molar-refractivity contribution >= 4 is 32.6 Å². The lowest BCUT2D eigenvalue weighted by atomic mass is 10.1. The van der Waals surface area contributed by atoms with Crippen LogP contribution in [0.1, 0.15) is 17.4 Å². The van der Waals surface area contributed by atoms with Crippen LogP contribution in [0.3, 0.4) is 0 Å². The van der Waals surface area contributed by atoms with Crippen LogP contribution in [0.4, 0.5) is 0 Å². The summed E-state index contributed by atoms with van der Waals surface area (Å²) in [6.07, 6.45) is 1.41. The van der Waals surface area contributed by atoms with Crippen LogP contribution in [0.25, 0.3) is 10.9 Å². The van der Waals surface area contributed by atoms with E-state index in [4.69, 9.17) is 0 Å². The largest absolute Gasteiger partial charge is 0.293 e. The molecule has 0 radical (unpaired) electrons. The van der Waals surface area contributed by atoms with Crippen molar-refractivity contribution in [2.75, 3.05) is 0 Å². The number of halogens is 1. The van der Waals surface area contributed by atoms with Crippen LogP contribution in [0, 0.1) is 0 Å². The third-order valence-electron chi connectivity index (χ3n) is 1.93. The number of Topliss-reactive ketones (excluding diaryl/α,β-unsaturated/α-hetero) is 1. The van der Waals surface area contributed by atoms with Gasteiger partial charge in [-0.1, -0.05) is 15.9 Å². The van der Waals surface area contributed by atoms with E-state index in [9.17, 15) is 4.79 Å². The summed E-state index contributed by atoms with van der Waals surface area (Å²) in [7, 11) is 0. The zero-order valence-corrected chi connectivity index (χ0v) is 9.08. The first-order valence-electron chi connectivity index (χ1n) is 4.09. The maximum absolute atomic E-state index is 11.2. The molecule has 3 nitrogen and oxygen atoms in total. The molecule has 1 aromatic heterocycles. The number of nitrogens with zero attached hydrogens (tertiary/aromatic N) is 2. The van der Waals surface area contributed by atoms with Gasteiger partial charge in [0, 0.05) is 16.8 Å². The molecular weight excluding hydrogens is 244 g/mol. The Morgan fingerprint density at radius 1 is 1.36 bits per heavy atom. The van der Waals surface area contributed by atoms with E-state index in [1.165, 1.54) is 13.3 Å². The molecular formula is C10H7BrN2O. The summed E-state index contributed by atoms with van der Waals surface area (Å²) in [4.78, 5) is 19.3. The second-order valence-corrected chi connectivity index (χ2v) is 3.86. The van der Waals surface area contributed by atoms with Crippen molar-refractivity contribution in [2.24, 2.45) is 0 Å². The molecule has 0 unspecified atom stereocenters. The summed E-state index contributed by atoms with van der Waals surface area (Å²) in [5.41, 5.74) is 1.25. The van der Waals surface area contributed by atoms with Crippen LogP contribution < -0.4 is 0 Å². The lowest BCUT2D eigenvalue weighted by Gasteiger charge is -2.01. The number of hydrogen-bond acceptors (Lipinski definition) is 3. The quantitative estimate of drug-likeness (QED) is 0.731. The second-order valence-electron chi connectivity index (χ2n) is 2.94.